The molecule has 1 unspecified atom stereocenters. The van der Waals surface area contributed by atoms with E-state index in [1.54, 1.807) is 11.9 Å². The average molecular weight is 242 g/mol. The lowest BCUT2D eigenvalue weighted by atomic mass is 9.99. The molecule has 0 saturated heterocycles. The number of aryl methyl sites for hydroxylation is 2. The molecule has 96 valence electrons. The summed E-state index contributed by atoms with van der Waals surface area (Å²) in [6.45, 7) is 4.19. The summed E-state index contributed by atoms with van der Waals surface area (Å²) >= 11 is 0. The molecule has 0 heterocycles. The summed E-state index contributed by atoms with van der Waals surface area (Å²) in [5.74, 6) is 0. The van der Waals surface area contributed by atoms with Crippen molar-refractivity contribution in [1.29, 1.82) is 0 Å². The summed E-state index contributed by atoms with van der Waals surface area (Å²) in [5.41, 5.74) is 9.33. The van der Waals surface area contributed by atoms with Crippen molar-refractivity contribution in [3.8, 4) is 0 Å². The Kier molecular flexibility index (Phi) is 5.02. The maximum atomic E-state index is 12.2. The molecule has 4 heteroatoms. The van der Waals surface area contributed by atoms with E-state index in [-0.39, 0.29) is 12.6 Å². The SMILES string of the molecule is Cc1ccc(C)c(C(N)CN(C)CC(F)F)c1. The van der Waals surface area contributed by atoms with Gasteiger partial charge in [-0.15, -0.1) is 0 Å². The Bertz CT molecular complexity index is 366. The topological polar surface area (TPSA) is 29.3 Å². The molecule has 0 aliphatic rings. The van der Waals surface area contributed by atoms with Crippen LogP contribution in [0.15, 0.2) is 18.2 Å². The van der Waals surface area contributed by atoms with E-state index in [4.69, 9.17) is 5.73 Å². The summed E-state index contributed by atoms with van der Waals surface area (Å²) in [5, 5.41) is 0. The van der Waals surface area contributed by atoms with Gasteiger partial charge < -0.3 is 5.73 Å². The van der Waals surface area contributed by atoms with Crippen molar-refractivity contribution in [2.24, 2.45) is 5.73 Å². The Labute approximate surface area is 101 Å². The van der Waals surface area contributed by atoms with Crippen molar-refractivity contribution in [1.82, 2.24) is 4.90 Å². The molecule has 0 bridgehead atoms. The van der Waals surface area contributed by atoms with E-state index in [0.717, 1.165) is 16.7 Å². The monoisotopic (exact) mass is 242 g/mol. The first kappa shape index (κ1) is 14.1. The lowest BCUT2D eigenvalue weighted by Gasteiger charge is -2.22. The molecule has 0 radical (unpaired) electrons. The molecule has 0 fully saturated rings. The minimum Gasteiger partial charge on any atom is -0.323 e. The summed E-state index contributed by atoms with van der Waals surface area (Å²) in [6, 6.07) is 5.83. The van der Waals surface area contributed by atoms with Gasteiger partial charge in [0.2, 0.25) is 0 Å². The minimum absolute atomic E-state index is 0.223. The Morgan fingerprint density at radius 3 is 2.47 bits per heavy atom. The lowest BCUT2D eigenvalue weighted by molar-refractivity contribution is 0.0978. The van der Waals surface area contributed by atoms with Crippen molar-refractivity contribution in [3.05, 3.63) is 34.9 Å². The minimum atomic E-state index is -2.31. The van der Waals surface area contributed by atoms with E-state index in [1.165, 1.54) is 0 Å². The fraction of sp³-hybridized carbons (Fsp3) is 0.538. The Morgan fingerprint density at radius 2 is 1.88 bits per heavy atom. The fourth-order valence-corrected chi connectivity index (χ4v) is 1.90. The van der Waals surface area contributed by atoms with E-state index >= 15 is 0 Å². The highest BCUT2D eigenvalue weighted by atomic mass is 19.3. The molecule has 0 saturated carbocycles. The van der Waals surface area contributed by atoms with E-state index in [2.05, 4.69) is 0 Å². The zero-order chi connectivity index (χ0) is 13.0. The summed E-state index contributed by atoms with van der Waals surface area (Å²) in [6.07, 6.45) is -2.31. The van der Waals surface area contributed by atoms with Crippen LogP contribution in [-0.4, -0.2) is 31.5 Å². The third-order valence-corrected chi connectivity index (χ3v) is 2.79. The second-order valence-electron chi connectivity index (χ2n) is 4.58. The molecule has 1 rings (SSSR count). The van der Waals surface area contributed by atoms with Crippen LogP contribution in [0.2, 0.25) is 0 Å². The zero-order valence-electron chi connectivity index (χ0n) is 10.6. The third kappa shape index (κ3) is 4.40. The van der Waals surface area contributed by atoms with Crippen LogP contribution in [0.5, 0.6) is 0 Å². The molecular weight excluding hydrogens is 222 g/mol. The van der Waals surface area contributed by atoms with Crippen molar-refractivity contribution in [3.63, 3.8) is 0 Å². The molecule has 1 atom stereocenters. The number of rotatable bonds is 5. The van der Waals surface area contributed by atoms with Gasteiger partial charge in [0.25, 0.3) is 6.43 Å². The van der Waals surface area contributed by atoms with E-state index in [0.29, 0.717) is 6.54 Å². The van der Waals surface area contributed by atoms with Gasteiger partial charge in [0, 0.05) is 12.6 Å². The largest absolute Gasteiger partial charge is 0.323 e. The molecular formula is C13H20F2N2. The molecule has 1 aromatic rings. The van der Waals surface area contributed by atoms with Gasteiger partial charge >= 0.3 is 0 Å². The first-order chi connectivity index (χ1) is 7.90. The molecule has 0 aliphatic heterocycles. The predicted molar refractivity (Wildman–Crippen MR) is 66.3 cm³/mol. The van der Waals surface area contributed by atoms with Crippen LogP contribution in [0.3, 0.4) is 0 Å². The fourth-order valence-electron chi connectivity index (χ4n) is 1.90. The number of benzene rings is 1. The zero-order valence-corrected chi connectivity index (χ0v) is 10.6. The molecule has 1 aromatic carbocycles. The number of halogens is 2. The maximum absolute atomic E-state index is 12.2. The van der Waals surface area contributed by atoms with Gasteiger partial charge in [-0.3, -0.25) is 4.90 Å². The van der Waals surface area contributed by atoms with E-state index < -0.39 is 6.43 Å². The number of nitrogens with two attached hydrogens (primary N) is 1. The number of hydrogen-bond acceptors (Lipinski definition) is 2. The van der Waals surface area contributed by atoms with E-state index in [1.807, 2.05) is 32.0 Å². The van der Waals surface area contributed by atoms with Gasteiger partial charge in [0.15, 0.2) is 0 Å². The molecule has 0 aromatic heterocycles. The van der Waals surface area contributed by atoms with Crippen molar-refractivity contribution < 1.29 is 8.78 Å². The van der Waals surface area contributed by atoms with Gasteiger partial charge in [0.1, 0.15) is 0 Å². The molecule has 0 spiro atoms. The number of nitrogens with zero attached hydrogens (tertiary/aromatic N) is 1. The molecule has 2 nitrogen and oxygen atoms in total. The number of alkyl halides is 2. The third-order valence-electron chi connectivity index (χ3n) is 2.79. The number of likely N-dealkylation sites (N-methyl/N-ethyl adjacent to an activating group) is 1. The molecule has 2 N–H and O–H groups in total. The molecule has 17 heavy (non-hydrogen) atoms. The van der Waals surface area contributed by atoms with E-state index in [9.17, 15) is 8.78 Å². The van der Waals surface area contributed by atoms with Crippen molar-refractivity contribution >= 4 is 0 Å². The Balaban J connectivity index is 2.69. The molecule has 0 amide bonds. The van der Waals surface area contributed by atoms with Crippen molar-refractivity contribution in [2.75, 3.05) is 20.1 Å². The van der Waals surface area contributed by atoms with Crippen LogP contribution in [0.4, 0.5) is 8.78 Å². The van der Waals surface area contributed by atoms with Gasteiger partial charge in [-0.05, 0) is 32.0 Å². The number of hydrogen-bond donors (Lipinski definition) is 1. The van der Waals surface area contributed by atoms with Gasteiger partial charge in [-0.2, -0.15) is 0 Å². The van der Waals surface area contributed by atoms with Crippen LogP contribution >= 0.6 is 0 Å². The smallest absolute Gasteiger partial charge is 0.251 e. The van der Waals surface area contributed by atoms with Gasteiger partial charge in [-0.25, -0.2) is 8.78 Å². The van der Waals surface area contributed by atoms with Crippen LogP contribution in [-0.2, 0) is 0 Å². The quantitative estimate of drug-likeness (QED) is 0.859. The van der Waals surface area contributed by atoms with Crippen LogP contribution in [0, 0.1) is 13.8 Å². The Morgan fingerprint density at radius 1 is 1.24 bits per heavy atom. The standard InChI is InChI=1S/C13H20F2N2/c1-9-4-5-10(2)11(6-9)12(16)7-17(3)8-13(14)15/h4-6,12-13H,7-8,16H2,1-3H3. The highest BCUT2D eigenvalue weighted by Crippen LogP contribution is 2.18. The average Bonchev–Trinajstić information content (AvgIpc) is 2.20. The first-order valence-corrected chi connectivity index (χ1v) is 5.69. The summed E-state index contributed by atoms with van der Waals surface area (Å²) in [7, 11) is 1.66. The van der Waals surface area contributed by atoms with Gasteiger partial charge in [0.05, 0.1) is 6.54 Å². The second kappa shape index (κ2) is 6.07. The lowest BCUT2D eigenvalue weighted by Crippen LogP contribution is -2.32. The van der Waals surface area contributed by atoms with Crippen LogP contribution < -0.4 is 5.73 Å². The normalized spacial score (nSPS) is 13.4. The van der Waals surface area contributed by atoms with Crippen LogP contribution in [0.25, 0.3) is 0 Å². The summed E-state index contributed by atoms with van der Waals surface area (Å²) < 4.78 is 24.4. The Hall–Kier alpha value is -1.00. The van der Waals surface area contributed by atoms with Gasteiger partial charge in [-0.1, -0.05) is 23.8 Å². The summed E-state index contributed by atoms with van der Waals surface area (Å²) in [4.78, 5) is 1.57. The molecule has 0 aliphatic carbocycles. The second-order valence-corrected chi connectivity index (χ2v) is 4.58. The highest BCUT2D eigenvalue weighted by molar-refractivity contribution is 5.32. The van der Waals surface area contributed by atoms with Crippen molar-refractivity contribution in [2.45, 2.75) is 26.3 Å². The maximum Gasteiger partial charge on any atom is 0.251 e. The first-order valence-electron chi connectivity index (χ1n) is 5.69. The predicted octanol–water partition coefficient (Wildman–Crippen LogP) is 2.50. The van der Waals surface area contributed by atoms with Crippen LogP contribution in [0.1, 0.15) is 22.7 Å². The highest BCUT2D eigenvalue weighted by Gasteiger charge is 2.14.